The molecule has 3 N–H and O–H groups in total. The summed E-state index contributed by atoms with van der Waals surface area (Å²) >= 11 is 0. The highest BCUT2D eigenvalue weighted by molar-refractivity contribution is 5.95. The zero-order chi connectivity index (χ0) is 14.7. The summed E-state index contributed by atoms with van der Waals surface area (Å²) in [7, 11) is 0. The Hall–Kier alpha value is -2.88. The Morgan fingerprint density at radius 3 is 2.81 bits per heavy atom. The standard InChI is InChI=1S/C17H15N3O/c18-14-5-1-2-6-16(14)20-17(21)11-12-7-8-15-13(10-12)4-3-9-19-15/h1-10H,11,18H2,(H,20,21). The Bertz CT molecular complexity index is 799. The van der Waals surface area contributed by atoms with Crippen molar-refractivity contribution in [1.82, 2.24) is 4.98 Å². The van der Waals surface area contributed by atoms with Crippen molar-refractivity contribution in [3.8, 4) is 0 Å². The smallest absolute Gasteiger partial charge is 0.228 e. The lowest BCUT2D eigenvalue weighted by molar-refractivity contribution is -0.115. The molecule has 0 saturated heterocycles. The van der Waals surface area contributed by atoms with Gasteiger partial charge in [0.05, 0.1) is 23.3 Å². The van der Waals surface area contributed by atoms with E-state index in [0.29, 0.717) is 17.8 Å². The van der Waals surface area contributed by atoms with Gasteiger partial charge in [0.15, 0.2) is 0 Å². The minimum Gasteiger partial charge on any atom is -0.397 e. The Kier molecular flexibility index (Phi) is 3.51. The van der Waals surface area contributed by atoms with Crippen LogP contribution in [-0.4, -0.2) is 10.9 Å². The molecule has 0 aliphatic rings. The second-order valence-electron chi connectivity index (χ2n) is 4.84. The van der Waals surface area contributed by atoms with Crippen LogP contribution < -0.4 is 11.1 Å². The lowest BCUT2D eigenvalue weighted by atomic mass is 10.1. The zero-order valence-electron chi connectivity index (χ0n) is 11.4. The van der Waals surface area contributed by atoms with Gasteiger partial charge in [-0.3, -0.25) is 9.78 Å². The predicted octanol–water partition coefficient (Wildman–Crippen LogP) is 3.00. The van der Waals surface area contributed by atoms with Gasteiger partial charge in [-0.15, -0.1) is 0 Å². The fourth-order valence-corrected chi connectivity index (χ4v) is 2.23. The largest absolute Gasteiger partial charge is 0.397 e. The van der Waals surface area contributed by atoms with Gasteiger partial charge in [0, 0.05) is 11.6 Å². The number of amides is 1. The summed E-state index contributed by atoms with van der Waals surface area (Å²) in [5.41, 5.74) is 8.89. The van der Waals surface area contributed by atoms with Crippen LogP contribution in [0.25, 0.3) is 10.9 Å². The molecule has 0 fully saturated rings. The molecule has 0 unspecified atom stereocenters. The van der Waals surface area contributed by atoms with Crippen molar-refractivity contribution >= 4 is 28.2 Å². The number of benzene rings is 2. The molecule has 0 saturated carbocycles. The normalized spacial score (nSPS) is 10.5. The van der Waals surface area contributed by atoms with Crippen molar-refractivity contribution in [3.63, 3.8) is 0 Å². The van der Waals surface area contributed by atoms with Gasteiger partial charge < -0.3 is 11.1 Å². The summed E-state index contributed by atoms with van der Waals surface area (Å²) in [5.74, 6) is -0.0869. The number of nitrogens with one attached hydrogen (secondary N) is 1. The molecule has 3 aromatic rings. The van der Waals surface area contributed by atoms with Gasteiger partial charge in [0.1, 0.15) is 0 Å². The van der Waals surface area contributed by atoms with Crippen LogP contribution in [0.2, 0.25) is 0 Å². The Morgan fingerprint density at radius 1 is 1.10 bits per heavy atom. The molecule has 1 aromatic heterocycles. The van der Waals surface area contributed by atoms with Gasteiger partial charge in [-0.25, -0.2) is 0 Å². The maximum absolute atomic E-state index is 12.1. The molecule has 0 atom stereocenters. The highest BCUT2D eigenvalue weighted by Crippen LogP contribution is 2.18. The third kappa shape index (κ3) is 3.00. The number of aromatic nitrogens is 1. The fraction of sp³-hybridized carbons (Fsp3) is 0.0588. The molecule has 0 aliphatic carbocycles. The van der Waals surface area contributed by atoms with E-state index < -0.39 is 0 Å². The monoisotopic (exact) mass is 277 g/mol. The van der Waals surface area contributed by atoms with E-state index in [1.807, 2.05) is 42.5 Å². The molecule has 104 valence electrons. The molecular weight excluding hydrogens is 262 g/mol. The number of nitrogens with two attached hydrogens (primary N) is 1. The summed E-state index contributed by atoms with van der Waals surface area (Å²) in [5, 5.41) is 3.86. The van der Waals surface area contributed by atoms with Crippen molar-refractivity contribution in [2.45, 2.75) is 6.42 Å². The second-order valence-corrected chi connectivity index (χ2v) is 4.84. The number of fused-ring (bicyclic) bond motifs is 1. The van der Waals surface area contributed by atoms with Gasteiger partial charge in [-0.05, 0) is 35.9 Å². The Labute approximate surface area is 122 Å². The van der Waals surface area contributed by atoms with E-state index in [-0.39, 0.29) is 5.91 Å². The average molecular weight is 277 g/mol. The van der Waals surface area contributed by atoms with E-state index >= 15 is 0 Å². The van der Waals surface area contributed by atoms with Crippen LogP contribution in [0.3, 0.4) is 0 Å². The Morgan fingerprint density at radius 2 is 1.95 bits per heavy atom. The van der Waals surface area contributed by atoms with E-state index in [2.05, 4.69) is 10.3 Å². The zero-order valence-corrected chi connectivity index (χ0v) is 11.4. The quantitative estimate of drug-likeness (QED) is 0.723. The van der Waals surface area contributed by atoms with E-state index in [1.54, 1.807) is 18.3 Å². The van der Waals surface area contributed by atoms with Crippen LogP contribution in [0.15, 0.2) is 60.8 Å². The van der Waals surface area contributed by atoms with Gasteiger partial charge >= 0.3 is 0 Å². The lowest BCUT2D eigenvalue weighted by Gasteiger charge is -2.08. The molecule has 21 heavy (non-hydrogen) atoms. The lowest BCUT2D eigenvalue weighted by Crippen LogP contribution is -2.15. The first kappa shape index (κ1) is 13.1. The van der Waals surface area contributed by atoms with Crippen LogP contribution in [0.5, 0.6) is 0 Å². The first-order valence-electron chi connectivity index (χ1n) is 6.70. The van der Waals surface area contributed by atoms with Crippen LogP contribution in [0.4, 0.5) is 11.4 Å². The van der Waals surface area contributed by atoms with Crippen molar-refractivity contribution in [2.24, 2.45) is 0 Å². The average Bonchev–Trinajstić information content (AvgIpc) is 2.49. The molecule has 0 bridgehead atoms. The number of hydrogen-bond donors (Lipinski definition) is 2. The van der Waals surface area contributed by atoms with Crippen LogP contribution in [-0.2, 0) is 11.2 Å². The number of nitrogen functional groups attached to an aromatic ring is 1. The summed E-state index contributed by atoms with van der Waals surface area (Å²) in [4.78, 5) is 16.4. The second kappa shape index (κ2) is 5.63. The van der Waals surface area contributed by atoms with Gasteiger partial charge in [0.2, 0.25) is 5.91 Å². The molecule has 1 amide bonds. The number of rotatable bonds is 3. The third-order valence-electron chi connectivity index (χ3n) is 3.27. The van der Waals surface area contributed by atoms with Crippen LogP contribution in [0, 0.1) is 0 Å². The first-order chi connectivity index (χ1) is 10.2. The summed E-state index contributed by atoms with van der Waals surface area (Å²) in [6.45, 7) is 0. The molecule has 3 rings (SSSR count). The van der Waals surface area contributed by atoms with Gasteiger partial charge in [0.25, 0.3) is 0 Å². The molecule has 0 aliphatic heterocycles. The van der Waals surface area contributed by atoms with Crippen molar-refractivity contribution in [3.05, 3.63) is 66.4 Å². The predicted molar refractivity (Wildman–Crippen MR) is 84.9 cm³/mol. The number of anilines is 2. The molecular formula is C17H15N3O. The maximum Gasteiger partial charge on any atom is 0.228 e. The minimum atomic E-state index is -0.0869. The van der Waals surface area contributed by atoms with Crippen LogP contribution in [0.1, 0.15) is 5.56 Å². The first-order valence-corrected chi connectivity index (χ1v) is 6.70. The van der Waals surface area contributed by atoms with Crippen molar-refractivity contribution in [2.75, 3.05) is 11.1 Å². The van der Waals surface area contributed by atoms with Gasteiger partial charge in [-0.2, -0.15) is 0 Å². The minimum absolute atomic E-state index is 0.0869. The molecule has 4 nitrogen and oxygen atoms in total. The van der Waals surface area contributed by atoms with E-state index in [1.165, 1.54) is 0 Å². The SMILES string of the molecule is Nc1ccccc1NC(=O)Cc1ccc2ncccc2c1. The maximum atomic E-state index is 12.1. The molecule has 1 heterocycles. The topological polar surface area (TPSA) is 68.0 Å². The summed E-state index contributed by atoms with van der Waals surface area (Å²) < 4.78 is 0. The number of nitrogens with zero attached hydrogens (tertiary/aromatic N) is 1. The van der Waals surface area contributed by atoms with Gasteiger partial charge in [-0.1, -0.05) is 24.3 Å². The number of pyridine rings is 1. The Balaban J connectivity index is 1.75. The molecule has 2 aromatic carbocycles. The summed E-state index contributed by atoms with van der Waals surface area (Å²) in [6, 6.07) is 16.9. The van der Waals surface area contributed by atoms with Crippen molar-refractivity contribution < 1.29 is 4.79 Å². The highest BCUT2D eigenvalue weighted by atomic mass is 16.1. The molecule has 4 heteroatoms. The van der Waals surface area contributed by atoms with E-state index in [4.69, 9.17) is 5.73 Å². The summed E-state index contributed by atoms with van der Waals surface area (Å²) in [6.07, 6.45) is 2.06. The number of carbonyl (C=O) groups is 1. The molecule has 0 radical (unpaired) electrons. The number of para-hydroxylation sites is 2. The third-order valence-corrected chi connectivity index (χ3v) is 3.27. The fourth-order valence-electron chi connectivity index (χ4n) is 2.23. The van der Waals surface area contributed by atoms with E-state index in [0.717, 1.165) is 16.5 Å². The molecule has 0 spiro atoms. The van der Waals surface area contributed by atoms with Crippen molar-refractivity contribution in [1.29, 1.82) is 0 Å². The highest BCUT2D eigenvalue weighted by Gasteiger charge is 2.06. The van der Waals surface area contributed by atoms with E-state index in [9.17, 15) is 4.79 Å². The number of carbonyl (C=O) groups excluding carboxylic acids is 1. The van der Waals surface area contributed by atoms with Crippen LogP contribution >= 0.6 is 0 Å². The number of hydrogen-bond acceptors (Lipinski definition) is 3.